The third-order valence-corrected chi connectivity index (χ3v) is 5.56. The van der Waals surface area contributed by atoms with Gasteiger partial charge in [-0.05, 0) is 62.7 Å². The van der Waals surface area contributed by atoms with Crippen LogP contribution in [-0.2, 0) is 4.79 Å². The number of nitrogens with zero attached hydrogens (tertiary/aromatic N) is 2. The van der Waals surface area contributed by atoms with Crippen LogP contribution in [0.5, 0.6) is 17.2 Å². The highest BCUT2D eigenvalue weighted by Gasteiger charge is 2.23. The second-order valence-electron chi connectivity index (χ2n) is 7.68. The molecule has 1 atom stereocenters. The first-order valence-electron chi connectivity index (χ1n) is 11.1. The number of hydrogen-bond donors (Lipinski definition) is 1. The minimum atomic E-state index is -0.202. The van der Waals surface area contributed by atoms with E-state index in [1.54, 1.807) is 25.3 Å². The Labute approximate surface area is 189 Å². The molecule has 0 radical (unpaired) electrons. The fourth-order valence-corrected chi connectivity index (χ4v) is 3.88. The van der Waals surface area contributed by atoms with E-state index in [4.69, 9.17) is 19.5 Å². The monoisotopic (exact) mass is 437 g/mol. The number of amides is 1. The lowest BCUT2D eigenvalue weighted by atomic mass is 10.0. The largest absolute Gasteiger partial charge is 0.497 e. The molecule has 2 aromatic carbocycles. The SMILES string of the molecule is CCOc1cc(C#N)ccc1OCC(=O)NCC(c1ccc(OC)cc1)N1CCCCC1. The lowest BCUT2D eigenvalue weighted by Crippen LogP contribution is -2.41. The molecule has 0 saturated carbocycles. The van der Waals surface area contributed by atoms with Crippen molar-refractivity contribution in [3.8, 4) is 23.3 Å². The molecule has 7 heteroatoms. The molecule has 1 saturated heterocycles. The van der Waals surface area contributed by atoms with Crippen LogP contribution in [0, 0.1) is 11.3 Å². The van der Waals surface area contributed by atoms with E-state index in [1.807, 2.05) is 19.1 Å². The second-order valence-corrected chi connectivity index (χ2v) is 7.68. The summed E-state index contributed by atoms with van der Waals surface area (Å²) in [5.74, 6) is 1.52. The lowest BCUT2D eigenvalue weighted by Gasteiger charge is -2.35. The van der Waals surface area contributed by atoms with Crippen LogP contribution in [0.3, 0.4) is 0 Å². The number of piperidine rings is 1. The van der Waals surface area contributed by atoms with Crippen LogP contribution < -0.4 is 19.5 Å². The van der Waals surface area contributed by atoms with Gasteiger partial charge in [0.25, 0.3) is 5.91 Å². The summed E-state index contributed by atoms with van der Waals surface area (Å²) in [6.07, 6.45) is 3.59. The molecule has 1 N–H and O–H groups in total. The predicted molar refractivity (Wildman–Crippen MR) is 122 cm³/mol. The molecule has 1 fully saturated rings. The van der Waals surface area contributed by atoms with E-state index >= 15 is 0 Å². The first-order chi connectivity index (χ1) is 15.6. The summed E-state index contributed by atoms with van der Waals surface area (Å²) in [6, 6.07) is 15.1. The normalized spacial score (nSPS) is 14.8. The maximum atomic E-state index is 12.6. The zero-order valence-corrected chi connectivity index (χ0v) is 18.8. The van der Waals surface area contributed by atoms with Gasteiger partial charge in [0.1, 0.15) is 5.75 Å². The molecular weight excluding hydrogens is 406 g/mol. The minimum absolute atomic E-state index is 0.0963. The Hall–Kier alpha value is -3.24. The van der Waals surface area contributed by atoms with Crippen LogP contribution in [0.4, 0.5) is 0 Å². The number of hydrogen-bond acceptors (Lipinski definition) is 6. The quantitative estimate of drug-likeness (QED) is 0.610. The van der Waals surface area contributed by atoms with Crippen LogP contribution in [0.2, 0.25) is 0 Å². The second kappa shape index (κ2) is 12.0. The van der Waals surface area contributed by atoms with Gasteiger partial charge in [-0.2, -0.15) is 5.26 Å². The number of benzene rings is 2. The van der Waals surface area contributed by atoms with Gasteiger partial charge in [0, 0.05) is 12.6 Å². The maximum Gasteiger partial charge on any atom is 0.258 e. The van der Waals surface area contributed by atoms with Crippen molar-refractivity contribution in [2.45, 2.75) is 32.2 Å². The molecule has 7 nitrogen and oxygen atoms in total. The molecule has 1 unspecified atom stereocenters. The first kappa shape index (κ1) is 23.4. The summed E-state index contributed by atoms with van der Waals surface area (Å²) in [5, 5.41) is 12.1. The fraction of sp³-hybridized carbons (Fsp3) is 0.440. The lowest BCUT2D eigenvalue weighted by molar-refractivity contribution is -0.123. The first-order valence-corrected chi connectivity index (χ1v) is 11.1. The van der Waals surface area contributed by atoms with Gasteiger partial charge in [0.05, 0.1) is 31.4 Å². The summed E-state index contributed by atoms with van der Waals surface area (Å²) >= 11 is 0. The van der Waals surface area contributed by atoms with E-state index < -0.39 is 0 Å². The Bertz CT molecular complexity index is 918. The summed E-state index contributed by atoms with van der Waals surface area (Å²) in [6.45, 7) is 4.71. The van der Waals surface area contributed by atoms with E-state index in [1.165, 1.54) is 19.3 Å². The molecule has 0 aromatic heterocycles. The van der Waals surface area contributed by atoms with Crippen molar-refractivity contribution in [2.24, 2.45) is 0 Å². The van der Waals surface area contributed by atoms with Crippen LogP contribution in [0.15, 0.2) is 42.5 Å². The van der Waals surface area contributed by atoms with Gasteiger partial charge in [-0.25, -0.2) is 0 Å². The van der Waals surface area contributed by atoms with Crippen LogP contribution in [0.25, 0.3) is 0 Å². The number of carbonyl (C=O) groups excluding carboxylic acids is 1. The molecule has 170 valence electrons. The van der Waals surface area contributed by atoms with E-state index in [2.05, 4.69) is 28.4 Å². The highest BCUT2D eigenvalue weighted by molar-refractivity contribution is 5.77. The number of rotatable bonds is 10. The Balaban J connectivity index is 1.61. The minimum Gasteiger partial charge on any atom is -0.497 e. The van der Waals surface area contributed by atoms with Gasteiger partial charge in [0.15, 0.2) is 18.1 Å². The number of likely N-dealkylation sites (tertiary alicyclic amines) is 1. The summed E-state index contributed by atoms with van der Waals surface area (Å²) in [5.41, 5.74) is 1.63. The zero-order valence-electron chi connectivity index (χ0n) is 18.8. The van der Waals surface area contributed by atoms with Crippen molar-refractivity contribution in [3.05, 3.63) is 53.6 Å². The molecule has 32 heavy (non-hydrogen) atoms. The van der Waals surface area contributed by atoms with E-state index in [-0.39, 0.29) is 18.6 Å². The number of ether oxygens (including phenoxy) is 3. The third-order valence-electron chi connectivity index (χ3n) is 5.56. The highest BCUT2D eigenvalue weighted by atomic mass is 16.5. The predicted octanol–water partition coefficient (Wildman–Crippen LogP) is 3.69. The molecule has 1 aliphatic heterocycles. The number of nitrogens with one attached hydrogen (secondary N) is 1. The van der Waals surface area contributed by atoms with Crippen molar-refractivity contribution < 1.29 is 19.0 Å². The van der Waals surface area contributed by atoms with Crippen molar-refractivity contribution >= 4 is 5.91 Å². The molecule has 1 heterocycles. The topological polar surface area (TPSA) is 83.8 Å². The Morgan fingerprint density at radius 2 is 1.84 bits per heavy atom. The summed E-state index contributed by atoms with van der Waals surface area (Å²) in [7, 11) is 1.65. The molecule has 3 rings (SSSR count). The Morgan fingerprint density at radius 3 is 2.50 bits per heavy atom. The molecule has 0 aliphatic carbocycles. The van der Waals surface area contributed by atoms with E-state index in [9.17, 15) is 4.79 Å². The number of carbonyl (C=O) groups is 1. The fourth-order valence-electron chi connectivity index (χ4n) is 3.88. The van der Waals surface area contributed by atoms with Crippen LogP contribution >= 0.6 is 0 Å². The van der Waals surface area contributed by atoms with Gasteiger partial charge in [0.2, 0.25) is 0 Å². The standard InChI is InChI=1S/C25H31N3O4/c1-3-31-24-15-19(16-26)7-12-23(24)32-18-25(29)27-17-22(28-13-5-4-6-14-28)20-8-10-21(30-2)11-9-20/h7-12,15,22H,3-6,13-14,17-18H2,1-2H3,(H,27,29). The number of methoxy groups -OCH3 is 1. The van der Waals surface area contributed by atoms with Crippen molar-refractivity contribution in [2.75, 3.05) is 40.0 Å². The summed E-state index contributed by atoms with van der Waals surface area (Å²) in [4.78, 5) is 15.0. The molecule has 1 amide bonds. The highest BCUT2D eigenvalue weighted by Crippen LogP contribution is 2.28. The number of nitriles is 1. The van der Waals surface area contributed by atoms with Gasteiger partial charge in [-0.1, -0.05) is 18.6 Å². The molecule has 0 bridgehead atoms. The molecule has 2 aromatic rings. The third kappa shape index (κ3) is 6.38. The maximum absolute atomic E-state index is 12.6. The van der Waals surface area contributed by atoms with Gasteiger partial charge < -0.3 is 19.5 Å². The Morgan fingerprint density at radius 1 is 1.09 bits per heavy atom. The van der Waals surface area contributed by atoms with Crippen LogP contribution in [0.1, 0.15) is 43.4 Å². The van der Waals surface area contributed by atoms with E-state index in [0.29, 0.717) is 30.2 Å². The van der Waals surface area contributed by atoms with Crippen molar-refractivity contribution in [3.63, 3.8) is 0 Å². The van der Waals surface area contributed by atoms with Gasteiger partial charge in [-0.15, -0.1) is 0 Å². The average molecular weight is 438 g/mol. The van der Waals surface area contributed by atoms with E-state index in [0.717, 1.165) is 24.4 Å². The van der Waals surface area contributed by atoms with Gasteiger partial charge >= 0.3 is 0 Å². The smallest absolute Gasteiger partial charge is 0.258 e. The molecule has 0 spiro atoms. The molecule has 1 aliphatic rings. The van der Waals surface area contributed by atoms with Gasteiger partial charge in [-0.3, -0.25) is 9.69 Å². The zero-order chi connectivity index (χ0) is 22.8. The average Bonchev–Trinajstić information content (AvgIpc) is 2.84. The van der Waals surface area contributed by atoms with Crippen molar-refractivity contribution in [1.82, 2.24) is 10.2 Å². The van der Waals surface area contributed by atoms with Crippen molar-refractivity contribution in [1.29, 1.82) is 5.26 Å². The Kier molecular flexibility index (Phi) is 8.76. The molecular formula is C25H31N3O4. The summed E-state index contributed by atoms with van der Waals surface area (Å²) < 4.78 is 16.5. The van der Waals surface area contributed by atoms with Crippen LogP contribution in [-0.4, -0.2) is 50.8 Å².